The number of anilines is 1. The lowest BCUT2D eigenvalue weighted by Crippen LogP contribution is -2.09. The van der Waals surface area contributed by atoms with E-state index in [0.717, 1.165) is 11.1 Å². The van der Waals surface area contributed by atoms with E-state index in [-0.39, 0.29) is 0 Å². The monoisotopic (exact) mass is 433 g/mol. The molecular weight excluding hydrogens is 413 g/mol. The largest absolute Gasteiger partial charge is 0.490 e. The van der Waals surface area contributed by atoms with Crippen LogP contribution in [0.2, 0.25) is 10.0 Å². The summed E-state index contributed by atoms with van der Waals surface area (Å²) in [5.41, 5.74) is 1.79. The predicted octanol–water partition coefficient (Wildman–Crippen LogP) is 4.76. The van der Waals surface area contributed by atoms with E-state index in [1.807, 2.05) is 37.3 Å². The lowest BCUT2D eigenvalue weighted by Gasteiger charge is -2.15. The maximum Gasteiger partial charge on any atom is 0.243 e. The van der Waals surface area contributed by atoms with Gasteiger partial charge in [-0.1, -0.05) is 46.5 Å². The molecule has 1 heterocycles. The molecule has 0 saturated carbocycles. The van der Waals surface area contributed by atoms with E-state index in [0.29, 0.717) is 53.8 Å². The van der Waals surface area contributed by atoms with Gasteiger partial charge in [-0.25, -0.2) is 4.68 Å². The van der Waals surface area contributed by atoms with Gasteiger partial charge in [0.05, 0.1) is 13.2 Å². The fourth-order valence-corrected chi connectivity index (χ4v) is 3.07. The van der Waals surface area contributed by atoms with Crippen LogP contribution in [-0.4, -0.2) is 26.8 Å². The van der Waals surface area contributed by atoms with Crippen molar-refractivity contribution in [3.05, 3.63) is 70.2 Å². The number of allylic oxidation sites excluding steroid dienone is 1. The smallest absolute Gasteiger partial charge is 0.243 e. The first kappa shape index (κ1) is 21.0. The van der Waals surface area contributed by atoms with Gasteiger partial charge >= 0.3 is 0 Å². The maximum atomic E-state index is 6.48. The highest BCUT2D eigenvalue weighted by Crippen LogP contribution is 2.34. The first-order valence-corrected chi connectivity index (χ1v) is 9.79. The lowest BCUT2D eigenvalue weighted by atomic mass is 10.2. The van der Waals surface area contributed by atoms with E-state index in [1.165, 1.54) is 0 Å². The number of hydrogen-bond donors (Lipinski definition) is 1. The van der Waals surface area contributed by atoms with Gasteiger partial charge in [0.1, 0.15) is 6.61 Å². The Balaban J connectivity index is 1.74. The minimum absolute atomic E-state index is 0.352. The summed E-state index contributed by atoms with van der Waals surface area (Å²) in [5, 5.41) is 15.9. The van der Waals surface area contributed by atoms with E-state index >= 15 is 0 Å². The van der Waals surface area contributed by atoms with Crippen molar-refractivity contribution in [3.8, 4) is 11.5 Å². The molecule has 0 saturated heterocycles. The summed E-state index contributed by atoms with van der Waals surface area (Å²) in [6.45, 7) is 7.38. The molecule has 152 valence electrons. The van der Waals surface area contributed by atoms with Crippen molar-refractivity contribution < 1.29 is 9.47 Å². The third kappa shape index (κ3) is 5.62. The number of benzene rings is 2. The topological polar surface area (TPSA) is 74.1 Å². The quantitative estimate of drug-likeness (QED) is 0.464. The van der Waals surface area contributed by atoms with Crippen LogP contribution in [0.5, 0.6) is 11.5 Å². The highest BCUT2D eigenvalue weighted by atomic mass is 35.5. The molecule has 0 fully saturated rings. The van der Waals surface area contributed by atoms with Gasteiger partial charge in [0, 0.05) is 22.7 Å². The van der Waals surface area contributed by atoms with Crippen LogP contribution < -0.4 is 14.8 Å². The van der Waals surface area contributed by atoms with Crippen LogP contribution in [0.4, 0.5) is 5.95 Å². The molecule has 29 heavy (non-hydrogen) atoms. The standard InChI is InChI=1S/C20H21Cl2N5O2/c1-3-8-27-20(24-25-26-27)23-12-15-10-18(28-4-2)19(11-17(15)22)29-13-14-6-5-7-16(21)9-14/h3,5-7,9-11H,1,4,8,12-13H2,2H3,(H,23,24,26). The van der Waals surface area contributed by atoms with Gasteiger partial charge in [0.15, 0.2) is 11.5 Å². The Bertz CT molecular complexity index is 977. The molecule has 0 unspecified atom stereocenters. The molecule has 0 atom stereocenters. The number of nitrogens with one attached hydrogen (secondary N) is 1. The lowest BCUT2D eigenvalue weighted by molar-refractivity contribution is 0.269. The molecular formula is C20H21Cl2N5O2. The summed E-state index contributed by atoms with van der Waals surface area (Å²) >= 11 is 12.5. The second-order valence-corrected chi connectivity index (χ2v) is 6.91. The third-order valence-corrected chi connectivity index (χ3v) is 4.55. The predicted molar refractivity (Wildman–Crippen MR) is 114 cm³/mol. The van der Waals surface area contributed by atoms with Crippen LogP contribution in [-0.2, 0) is 19.7 Å². The molecule has 3 rings (SSSR count). The number of rotatable bonds is 10. The van der Waals surface area contributed by atoms with Crippen molar-refractivity contribution in [1.82, 2.24) is 20.2 Å². The summed E-state index contributed by atoms with van der Waals surface area (Å²) < 4.78 is 13.3. The third-order valence-electron chi connectivity index (χ3n) is 3.97. The van der Waals surface area contributed by atoms with E-state index in [4.69, 9.17) is 32.7 Å². The summed E-state index contributed by atoms with van der Waals surface area (Å²) in [4.78, 5) is 0. The molecule has 3 aromatic rings. The van der Waals surface area contributed by atoms with Crippen molar-refractivity contribution in [2.75, 3.05) is 11.9 Å². The zero-order chi connectivity index (χ0) is 20.6. The second-order valence-electron chi connectivity index (χ2n) is 6.07. The Labute approximate surface area is 179 Å². The molecule has 0 aliphatic rings. The Morgan fingerprint density at radius 2 is 2.00 bits per heavy atom. The number of hydrogen-bond acceptors (Lipinski definition) is 6. The molecule has 0 bridgehead atoms. The zero-order valence-corrected chi connectivity index (χ0v) is 17.5. The number of halogens is 2. The molecule has 2 aromatic carbocycles. The van der Waals surface area contributed by atoms with E-state index in [9.17, 15) is 0 Å². The normalized spacial score (nSPS) is 10.6. The van der Waals surface area contributed by atoms with Crippen LogP contribution in [0.3, 0.4) is 0 Å². The number of nitrogens with zero attached hydrogens (tertiary/aromatic N) is 4. The van der Waals surface area contributed by atoms with Crippen LogP contribution >= 0.6 is 23.2 Å². The van der Waals surface area contributed by atoms with Crippen molar-refractivity contribution in [2.24, 2.45) is 0 Å². The first-order chi connectivity index (χ1) is 14.1. The van der Waals surface area contributed by atoms with Gasteiger partial charge in [-0.15, -0.1) is 6.58 Å². The van der Waals surface area contributed by atoms with Gasteiger partial charge in [0.25, 0.3) is 0 Å². The minimum atomic E-state index is 0.352. The maximum absolute atomic E-state index is 6.48. The minimum Gasteiger partial charge on any atom is -0.490 e. The second kappa shape index (κ2) is 10.1. The fraction of sp³-hybridized carbons (Fsp3) is 0.250. The zero-order valence-electron chi connectivity index (χ0n) is 15.9. The van der Waals surface area contributed by atoms with E-state index in [2.05, 4.69) is 27.4 Å². The average Bonchev–Trinajstić information content (AvgIpc) is 3.14. The number of tetrazole rings is 1. The highest BCUT2D eigenvalue weighted by molar-refractivity contribution is 6.31. The summed E-state index contributed by atoms with van der Waals surface area (Å²) in [6.07, 6.45) is 1.72. The van der Waals surface area contributed by atoms with Crippen molar-refractivity contribution >= 4 is 29.2 Å². The van der Waals surface area contributed by atoms with Gasteiger partial charge in [0.2, 0.25) is 5.95 Å². The molecule has 9 heteroatoms. The Hall–Kier alpha value is -2.77. The first-order valence-electron chi connectivity index (χ1n) is 9.04. The van der Waals surface area contributed by atoms with Crippen LogP contribution in [0.1, 0.15) is 18.1 Å². The fourth-order valence-electron chi connectivity index (χ4n) is 2.63. The molecule has 0 aliphatic heterocycles. The van der Waals surface area contributed by atoms with Gasteiger partial charge in [-0.05, 0) is 46.7 Å². The van der Waals surface area contributed by atoms with E-state index in [1.54, 1.807) is 16.8 Å². The molecule has 7 nitrogen and oxygen atoms in total. The van der Waals surface area contributed by atoms with Crippen LogP contribution in [0, 0.1) is 0 Å². The number of aromatic nitrogens is 4. The van der Waals surface area contributed by atoms with Crippen molar-refractivity contribution in [1.29, 1.82) is 0 Å². The van der Waals surface area contributed by atoms with Crippen LogP contribution in [0.15, 0.2) is 49.1 Å². The Kier molecular flexibility index (Phi) is 7.32. The van der Waals surface area contributed by atoms with Gasteiger partial charge in [-0.2, -0.15) is 0 Å². The SMILES string of the molecule is C=CCn1nnnc1NCc1cc(OCC)c(OCc2cccc(Cl)c2)cc1Cl. The summed E-state index contributed by atoms with van der Waals surface area (Å²) in [6, 6.07) is 11.1. The average molecular weight is 434 g/mol. The molecule has 0 spiro atoms. The number of ether oxygens (including phenoxy) is 2. The molecule has 0 radical (unpaired) electrons. The van der Waals surface area contributed by atoms with Crippen molar-refractivity contribution in [3.63, 3.8) is 0 Å². The molecule has 1 aromatic heterocycles. The van der Waals surface area contributed by atoms with Gasteiger partial charge in [-0.3, -0.25) is 0 Å². The van der Waals surface area contributed by atoms with E-state index < -0.39 is 0 Å². The summed E-state index contributed by atoms with van der Waals surface area (Å²) in [5.74, 6) is 1.71. The Morgan fingerprint density at radius 1 is 1.17 bits per heavy atom. The Morgan fingerprint density at radius 3 is 2.76 bits per heavy atom. The molecule has 0 aliphatic carbocycles. The highest BCUT2D eigenvalue weighted by Gasteiger charge is 2.13. The van der Waals surface area contributed by atoms with Crippen molar-refractivity contribution in [2.45, 2.75) is 26.6 Å². The van der Waals surface area contributed by atoms with Crippen LogP contribution in [0.25, 0.3) is 0 Å². The molecule has 1 N–H and O–H groups in total. The van der Waals surface area contributed by atoms with Gasteiger partial charge < -0.3 is 14.8 Å². The molecule has 0 amide bonds. The summed E-state index contributed by atoms with van der Waals surface area (Å²) in [7, 11) is 0.